The van der Waals surface area contributed by atoms with E-state index >= 15 is 0 Å². The van der Waals surface area contributed by atoms with Gasteiger partial charge in [0, 0.05) is 11.3 Å². The summed E-state index contributed by atoms with van der Waals surface area (Å²) in [5, 5.41) is 17.6. The number of methoxy groups -OCH3 is 1. The number of hydrogen-bond donors (Lipinski definition) is 3. The molecule has 174 valence electrons. The molecule has 0 bridgehead atoms. The number of para-hydroxylation sites is 2. The molecule has 0 unspecified atom stereocenters. The summed E-state index contributed by atoms with van der Waals surface area (Å²) in [6, 6.07) is 17.5. The van der Waals surface area contributed by atoms with Crippen LogP contribution >= 0.6 is 23.1 Å². The largest absolute Gasteiger partial charge is 0.495 e. The molecule has 11 heteroatoms. The van der Waals surface area contributed by atoms with Gasteiger partial charge in [-0.25, -0.2) is 0 Å². The molecule has 0 aliphatic carbocycles. The molecule has 2 aromatic heterocycles. The average Bonchev–Trinajstić information content (AvgIpc) is 3.54. The van der Waals surface area contributed by atoms with Gasteiger partial charge in [0.05, 0.1) is 31.4 Å². The van der Waals surface area contributed by atoms with Crippen LogP contribution in [0.4, 0.5) is 16.5 Å². The van der Waals surface area contributed by atoms with Gasteiger partial charge in [-0.3, -0.25) is 9.59 Å². The van der Waals surface area contributed by atoms with Crippen LogP contribution in [0.1, 0.15) is 16.1 Å². The minimum Gasteiger partial charge on any atom is -0.495 e. The molecule has 2 amide bonds. The molecule has 0 saturated carbocycles. The first-order chi connectivity index (χ1) is 16.6. The first kappa shape index (κ1) is 23.3. The smallest absolute Gasteiger partial charge is 0.255 e. The molecule has 2 heterocycles. The zero-order chi connectivity index (χ0) is 23.8. The maximum absolute atomic E-state index is 12.5. The number of hydrogen-bond acceptors (Lipinski definition) is 9. The average molecular weight is 496 g/mol. The zero-order valence-electron chi connectivity index (χ0n) is 18.1. The third kappa shape index (κ3) is 6.36. The maximum atomic E-state index is 12.5. The Bertz CT molecular complexity index is 1240. The Morgan fingerprint density at radius 1 is 1.03 bits per heavy atom. The van der Waals surface area contributed by atoms with E-state index in [1.165, 1.54) is 23.1 Å². The summed E-state index contributed by atoms with van der Waals surface area (Å²) in [7, 11) is 1.55. The van der Waals surface area contributed by atoms with Gasteiger partial charge in [0.2, 0.25) is 11.0 Å². The van der Waals surface area contributed by atoms with E-state index in [0.717, 1.165) is 5.76 Å². The van der Waals surface area contributed by atoms with Crippen LogP contribution < -0.4 is 20.7 Å². The lowest BCUT2D eigenvalue weighted by Gasteiger charge is -2.10. The van der Waals surface area contributed by atoms with Gasteiger partial charge in [0.25, 0.3) is 5.91 Å². The quantitative estimate of drug-likeness (QED) is 0.270. The SMILES string of the molecule is COc1ccccc1NC(=O)c1ccc(NC(=O)CSc2nnc(NCc3ccco3)s2)cc1. The highest BCUT2D eigenvalue weighted by atomic mass is 32.2. The molecule has 0 saturated heterocycles. The van der Waals surface area contributed by atoms with E-state index in [1.54, 1.807) is 49.8 Å². The van der Waals surface area contributed by atoms with Crippen LogP contribution in [0.25, 0.3) is 0 Å². The number of anilines is 3. The summed E-state index contributed by atoms with van der Waals surface area (Å²) in [6.45, 7) is 0.514. The summed E-state index contributed by atoms with van der Waals surface area (Å²) in [6.07, 6.45) is 1.61. The van der Waals surface area contributed by atoms with Crippen LogP contribution in [0.15, 0.2) is 75.7 Å². The molecule has 34 heavy (non-hydrogen) atoms. The molecule has 2 aromatic carbocycles. The minimum absolute atomic E-state index is 0.183. The number of thioether (sulfide) groups is 1. The fourth-order valence-electron chi connectivity index (χ4n) is 2.89. The monoisotopic (exact) mass is 495 g/mol. The van der Waals surface area contributed by atoms with Crippen LogP contribution in [0, 0.1) is 0 Å². The first-order valence-electron chi connectivity index (χ1n) is 10.2. The van der Waals surface area contributed by atoms with Crippen molar-refractivity contribution in [3.8, 4) is 5.75 Å². The van der Waals surface area contributed by atoms with E-state index in [-0.39, 0.29) is 17.6 Å². The fraction of sp³-hybridized carbons (Fsp3) is 0.130. The Hall–Kier alpha value is -3.83. The van der Waals surface area contributed by atoms with Crippen molar-refractivity contribution in [1.82, 2.24) is 10.2 Å². The highest BCUT2D eigenvalue weighted by molar-refractivity contribution is 8.01. The molecular formula is C23H21N5O4S2. The number of rotatable bonds is 10. The number of ether oxygens (including phenoxy) is 1. The summed E-state index contributed by atoms with van der Waals surface area (Å²) in [5.74, 6) is 1.10. The molecule has 4 rings (SSSR count). The molecule has 0 radical (unpaired) electrons. The van der Waals surface area contributed by atoms with Gasteiger partial charge in [-0.05, 0) is 48.5 Å². The number of benzene rings is 2. The maximum Gasteiger partial charge on any atom is 0.255 e. The molecule has 0 atom stereocenters. The van der Waals surface area contributed by atoms with Gasteiger partial charge in [0.1, 0.15) is 11.5 Å². The van der Waals surface area contributed by atoms with Gasteiger partial charge < -0.3 is 25.1 Å². The zero-order valence-corrected chi connectivity index (χ0v) is 19.7. The van der Waals surface area contributed by atoms with Crippen molar-refractivity contribution < 1.29 is 18.7 Å². The lowest BCUT2D eigenvalue weighted by Crippen LogP contribution is -2.15. The van der Waals surface area contributed by atoms with Crippen molar-refractivity contribution in [3.63, 3.8) is 0 Å². The van der Waals surface area contributed by atoms with E-state index in [2.05, 4.69) is 26.1 Å². The summed E-state index contributed by atoms with van der Waals surface area (Å²) >= 11 is 2.66. The minimum atomic E-state index is -0.273. The summed E-state index contributed by atoms with van der Waals surface area (Å²) < 4.78 is 11.2. The van der Waals surface area contributed by atoms with Crippen LogP contribution in [0.2, 0.25) is 0 Å². The van der Waals surface area contributed by atoms with E-state index in [0.29, 0.717) is 38.7 Å². The second kappa shape index (κ2) is 11.3. The van der Waals surface area contributed by atoms with Gasteiger partial charge in [-0.2, -0.15) is 0 Å². The third-order valence-electron chi connectivity index (χ3n) is 4.51. The Kier molecular flexibility index (Phi) is 7.79. The number of carbonyl (C=O) groups excluding carboxylic acids is 2. The Morgan fingerprint density at radius 3 is 2.62 bits per heavy atom. The summed E-state index contributed by atoms with van der Waals surface area (Å²) in [5.41, 5.74) is 1.64. The molecule has 0 aliphatic heterocycles. The van der Waals surface area contributed by atoms with Crippen LogP contribution in [-0.2, 0) is 11.3 Å². The van der Waals surface area contributed by atoms with Gasteiger partial charge in [0.15, 0.2) is 4.34 Å². The van der Waals surface area contributed by atoms with Crippen molar-refractivity contribution in [2.45, 2.75) is 10.9 Å². The van der Waals surface area contributed by atoms with Gasteiger partial charge >= 0.3 is 0 Å². The van der Waals surface area contributed by atoms with Gasteiger partial charge in [-0.15, -0.1) is 10.2 Å². The Labute approximate surface area is 203 Å². The van der Waals surface area contributed by atoms with Crippen molar-refractivity contribution in [2.24, 2.45) is 0 Å². The molecule has 9 nitrogen and oxygen atoms in total. The van der Waals surface area contributed by atoms with Crippen molar-refractivity contribution in [3.05, 3.63) is 78.3 Å². The van der Waals surface area contributed by atoms with Gasteiger partial charge in [-0.1, -0.05) is 35.2 Å². The highest BCUT2D eigenvalue weighted by Gasteiger charge is 2.11. The number of amides is 2. The normalized spacial score (nSPS) is 10.5. The molecule has 0 spiro atoms. The second-order valence-corrected chi connectivity index (χ2v) is 9.07. The molecular weight excluding hydrogens is 474 g/mol. The van der Waals surface area contributed by atoms with Crippen molar-refractivity contribution in [1.29, 1.82) is 0 Å². The standard InChI is InChI=1S/C23H21N5O4S2/c1-31-19-7-3-2-6-18(19)26-21(30)15-8-10-16(11-9-15)25-20(29)14-33-23-28-27-22(34-23)24-13-17-5-4-12-32-17/h2-12H,13-14H2,1H3,(H,24,27)(H,25,29)(H,26,30). The van der Waals surface area contributed by atoms with Crippen molar-refractivity contribution >= 4 is 51.4 Å². The van der Waals surface area contributed by atoms with E-state index < -0.39 is 0 Å². The topological polar surface area (TPSA) is 118 Å². The lowest BCUT2D eigenvalue weighted by molar-refractivity contribution is -0.113. The van der Waals surface area contributed by atoms with E-state index in [9.17, 15) is 9.59 Å². The summed E-state index contributed by atoms with van der Waals surface area (Å²) in [4.78, 5) is 24.8. The predicted molar refractivity (Wildman–Crippen MR) is 133 cm³/mol. The molecule has 0 fully saturated rings. The molecule has 3 N–H and O–H groups in total. The highest BCUT2D eigenvalue weighted by Crippen LogP contribution is 2.26. The number of nitrogens with zero attached hydrogens (tertiary/aromatic N) is 2. The van der Waals surface area contributed by atoms with E-state index in [1.807, 2.05) is 24.3 Å². The fourth-order valence-corrected chi connectivity index (χ4v) is 4.43. The third-order valence-corrected chi connectivity index (χ3v) is 6.53. The predicted octanol–water partition coefficient (Wildman–Crippen LogP) is 4.73. The number of carbonyl (C=O) groups is 2. The number of nitrogens with one attached hydrogen (secondary N) is 3. The van der Waals surface area contributed by atoms with Crippen LogP contribution in [-0.4, -0.2) is 34.9 Å². The lowest BCUT2D eigenvalue weighted by atomic mass is 10.2. The molecule has 4 aromatic rings. The Morgan fingerprint density at radius 2 is 1.85 bits per heavy atom. The second-order valence-electron chi connectivity index (χ2n) is 6.87. The molecule has 0 aliphatic rings. The number of aromatic nitrogens is 2. The Balaban J connectivity index is 1.24. The van der Waals surface area contributed by atoms with E-state index in [4.69, 9.17) is 9.15 Å². The van der Waals surface area contributed by atoms with Crippen LogP contribution in [0.5, 0.6) is 5.75 Å². The van der Waals surface area contributed by atoms with Crippen molar-refractivity contribution in [2.75, 3.05) is 28.8 Å². The first-order valence-corrected chi connectivity index (χ1v) is 12.0. The van der Waals surface area contributed by atoms with Crippen LogP contribution in [0.3, 0.4) is 0 Å². The number of furan rings is 1.